The van der Waals surface area contributed by atoms with Crippen LogP contribution in [0.4, 0.5) is 15.1 Å². The summed E-state index contributed by atoms with van der Waals surface area (Å²) in [5.41, 5.74) is 1.07. The lowest BCUT2D eigenvalue weighted by molar-refractivity contribution is -0.114. The molecule has 2 rings (SSSR count). The Morgan fingerprint density at radius 3 is 2.57 bits per heavy atom. The van der Waals surface area contributed by atoms with Gasteiger partial charge in [0.2, 0.25) is 5.91 Å². The Bertz CT molecular complexity index is 895. The molecule has 0 aliphatic carbocycles. The molecule has 28 heavy (non-hydrogen) atoms. The molecule has 0 unspecified atom stereocenters. The van der Waals surface area contributed by atoms with E-state index in [9.17, 15) is 18.8 Å². The first-order chi connectivity index (χ1) is 13.2. The van der Waals surface area contributed by atoms with Gasteiger partial charge < -0.3 is 20.3 Å². The fraction of sp³-hybridized carbons (Fsp3) is 0.316. The van der Waals surface area contributed by atoms with E-state index in [-0.39, 0.29) is 29.6 Å². The van der Waals surface area contributed by atoms with Crippen LogP contribution in [0.5, 0.6) is 0 Å². The Hall–Kier alpha value is -2.94. The molecule has 1 heterocycles. The molecular formula is C19H22FN3O4S. The highest BCUT2D eigenvalue weighted by molar-refractivity contribution is 7.18. The molecule has 9 heteroatoms. The van der Waals surface area contributed by atoms with Crippen LogP contribution in [-0.2, 0) is 9.53 Å². The summed E-state index contributed by atoms with van der Waals surface area (Å²) in [4.78, 5) is 38.8. The van der Waals surface area contributed by atoms with Gasteiger partial charge in [-0.1, -0.05) is 6.07 Å². The second-order valence-electron chi connectivity index (χ2n) is 6.09. The number of benzene rings is 1. The quantitative estimate of drug-likeness (QED) is 0.689. The summed E-state index contributed by atoms with van der Waals surface area (Å²) >= 11 is 1.02. The van der Waals surface area contributed by atoms with Crippen LogP contribution in [0.3, 0.4) is 0 Å². The van der Waals surface area contributed by atoms with Crippen molar-refractivity contribution in [3.8, 4) is 0 Å². The van der Waals surface area contributed by atoms with Crippen molar-refractivity contribution in [2.75, 3.05) is 37.9 Å². The maximum Gasteiger partial charge on any atom is 0.341 e. The van der Waals surface area contributed by atoms with Gasteiger partial charge in [-0.2, -0.15) is 0 Å². The standard InChI is InChI=1S/C19H22FN3O4S/c1-5-27-19(26)15-11(2)16(18(25)23(3)4)28-17(15)22-14(24)10-21-13-8-6-7-12(20)9-13/h6-9,21H,5,10H2,1-4H3,(H,22,24). The summed E-state index contributed by atoms with van der Waals surface area (Å²) < 4.78 is 18.3. The molecule has 0 bridgehead atoms. The normalized spacial score (nSPS) is 10.3. The molecule has 0 saturated heterocycles. The van der Waals surface area contributed by atoms with Gasteiger partial charge in [0.15, 0.2) is 0 Å². The third-order valence-electron chi connectivity index (χ3n) is 3.76. The lowest BCUT2D eigenvalue weighted by Gasteiger charge is -2.09. The second-order valence-corrected chi connectivity index (χ2v) is 7.11. The van der Waals surface area contributed by atoms with Gasteiger partial charge in [0.1, 0.15) is 10.8 Å². The van der Waals surface area contributed by atoms with Crippen molar-refractivity contribution >= 4 is 39.8 Å². The molecule has 0 radical (unpaired) electrons. The van der Waals surface area contributed by atoms with Crippen molar-refractivity contribution in [1.82, 2.24) is 4.90 Å². The average molecular weight is 407 g/mol. The fourth-order valence-corrected chi connectivity index (χ4v) is 3.64. The molecule has 0 fully saturated rings. The number of carbonyl (C=O) groups excluding carboxylic acids is 3. The highest BCUT2D eigenvalue weighted by Gasteiger charge is 2.27. The summed E-state index contributed by atoms with van der Waals surface area (Å²) in [7, 11) is 3.21. The van der Waals surface area contributed by atoms with Crippen molar-refractivity contribution in [3.63, 3.8) is 0 Å². The van der Waals surface area contributed by atoms with E-state index < -0.39 is 17.7 Å². The van der Waals surface area contributed by atoms with Crippen molar-refractivity contribution < 1.29 is 23.5 Å². The zero-order valence-electron chi connectivity index (χ0n) is 16.1. The fourth-order valence-electron chi connectivity index (χ4n) is 2.41. The van der Waals surface area contributed by atoms with Crippen LogP contribution < -0.4 is 10.6 Å². The van der Waals surface area contributed by atoms with Gasteiger partial charge in [0.05, 0.1) is 23.6 Å². The Morgan fingerprint density at radius 2 is 1.96 bits per heavy atom. The van der Waals surface area contributed by atoms with Crippen LogP contribution in [0.25, 0.3) is 0 Å². The number of thiophene rings is 1. The van der Waals surface area contributed by atoms with E-state index in [0.29, 0.717) is 16.1 Å². The van der Waals surface area contributed by atoms with Crippen molar-refractivity contribution in [2.24, 2.45) is 0 Å². The van der Waals surface area contributed by atoms with Crippen LogP contribution in [0.15, 0.2) is 24.3 Å². The van der Waals surface area contributed by atoms with E-state index in [1.54, 1.807) is 34.0 Å². The molecule has 1 aromatic carbocycles. The van der Waals surface area contributed by atoms with Crippen molar-refractivity contribution in [2.45, 2.75) is 13.8 Å². The predicted octanol–water partition coefficient (Wildman–Crippen LogP) is 3.12. The highest BCUT2D eigenvalue weighted by atomic mass is 32.1. The van der Waals surface area contributed by atoms with Gasteiger partial charge in [0.25, 0.3) is 5.91 Å². The van der Waals surface area contributed by atoms with Crippen molar-refractivity contribution in [3.05, 3.63) is 46.1 Å². The first-order valence-electron chi connectivity index (χ1n) is 8.56. The summed E-state index contributed by atoms with van der Waals surface area (Å²) in [6, 6.07) is 5.72. The molecule has 150 valence electrons. The Kier molecular flexibility index (Phi) is 7.11. The highest BCUT2D eigenvalue weighted by Crippen LogP contribution is 2.34. The Labute approximate surface area is 166 Å². The maximum absolute atomic E-state index is 13.2. The number of nitrogens with one attached hydrogen (secondary N) is 2. The van der Waals surface area contributed by atoms with Gasteiger partial charge in [-0.25, -0.2) is 9.18 Å². The SMILES string of the molecule is CCOC(=O)c1c(NC(=O)CNc2cccc(F)c2)sc(C(=O)N(C)C)c1C. The number of rotatable bonds is 7. The van der Waals surface area contributed by atoms with Crippen LogP contribution in [0.1, 0.15) is 32.5 Å². The van der Waals surface area contributed by atoms with E-state index in [1.165, 1.54) is 23.1 Å². The smallest absolute Gasteiger partial charge is 0.341 e. The average Bonchev–Trinajstić information content (AvgIpc) is 2.95. The number of esters is 1. The van der Waals surface area contributed by atoms with E-state index in [2.05, 4.69) is 10.6 Å². The number of hydrogen-bond acceptors (Lipinski definition) is 6. The number of carbonyl (C=O) groups is 3. The minimum atomic E-state index is -0.609. The summed E-state index contributed by atoms with van der Waals surface area (Å²) in [6.07, 6.45) is 0. The molecule has 7 nitrogen and oxygen atoms in total. The number of nitrogens with zero attached hydrogens (tertiary/aromatic N) is 1. The minimum absolute atomic E-state index is 0.139. The van der Waals surface area contributed by atoms with Crippen LogP contribution in [-0.4, -0.2) is 49.9 Å². The molecule has 0 saturated carbocycles. The van der Waals surface area contributed by atoms with E-state index in [4.69, 9.17) is 4.74 Å². The molecule has 0 atom stereocenters. The number of anilines is 2. The first kappa shape index (κ1) is 21.4. The zero-order valence-corrected chi connectivity index (χ0v) is 16.9. The van der Waals surface area contributed by atoms with Gasteiger partial charge in [-0.3, -0.25) is 9.59 Å². The maximum atomic E-state index is 13.2. The monoisotopic (exact) mass is 407 g/mol. The van der Waals surface area contributed by atoms with Gasteiger partial charge >= 0.3 is 5.97 Å². The zero-order chi connectivity index (χ0) is 20.8. The summed E-state index contributed by atoms with van der Waals surface area (Å²) in [5, 5.41) is 5.69. The molecule has 1 aromatic heterocycles. The van der Waals surface area contributed by atoms with Crippen LogP contribution >= 0.6 is 11.3 Å². The Balaban J connectivity index is 2.22. The second kappa shape index (κ2) is 9.32. The van der Waals surface area contributed by atoms with Crippen LogP contribution in [0.2, 0.25) is 0 Å². The summed E-state index contributed by atoms with van der Waals surface area (Å²) in [6.45, 7) is 3.34. The molecule has 2 aromatic rings. The first-order valence-corrected chi connectivity index (χ1v) is 9.37. The molecule has 2 amide bonds. The van der Waals surface area contributed by atoms with E-state index in [0.717, 1.165) is 11.3 Å². The van der Waals surface area contributed by atoms with Gasteiger partial charge in [-0.05, 0) is 37.6 Å². The summed E-state index contributed by atoms with van der Waals surface area (Å²) in [5.74, 6) is -1.75. The number of halogens is 1. The third-order valence-corrected chi connectivity index (χ3v) is 4.95. The molecule has 0 spiro atoms. The van der Waals surface area contributed by atoms with Crippen LogP contribution in [0, 0.1) is 12.7 Å². The topological polar surface area (TPSA) is 87.7 Å². The predicted molar refractivity (Wildman–Crippen MR) is 107 cm³/mol. The van der Waals surface area contributed by atoms with E-state index in [1.807, 2.05) is 0 Å². The number of ether oxygens (including phenoxy) is 1. The molecule has 0 aliphatic rings. The lowest BCUT2D eigenvalue weighted by atomic mass is 10.1. The molecule has 0 aliphatic heterocycles. The van der Waals surface area contributed by atoms with Gasteiger partial charge in [-0.15, -0.1) is 11.3 Å². The molecule has 2 N–H and O–H groups in total. The Morgan fingerprint density at radius 1 is 1.25 bits per heavy atom. The van der Waals surface area contributed by atoms with Gasteiger partial charge in [0, 0.05) is 19.8 Å². The largest absolute Gasteiger partial charge is 0.462 e. The number of hydrogen-bond donors (Lipinski definition) is 2. The van der Waals surface area contributed by atoms with Crippen molar-refractivity contribution in [1.29, 1.82) is 0 Å². The van der Waals surface area contributed by atoms with E-state index >= 15 is 0 Å². The minimum Gasteiger partial charge on any atom is -0.462 e. The molecular weight excluding hydrogens is 385 g/mol. The lowest BCUT2D eigenvalue weighted by Crippen LogP contribution is -2.22. The number of amides is 2. The third kappa shape index (κ3) is 5.07.